The van der Waals surface area contributed by atoms with Crippen molar-refractivity contribution in [1.29, 1.82) is 5.26 Å². The van der Waals surface area contributed by atoms with Crippen LogP contribution in [0, 0.1) is 11.3 Å². The number of hydrogen-bond acceptors (Lipinski definition) is 5. The Morgan fingerprint density at radius 2 is 1.89 bits per heavy atom. The van der Waals surface area contributed by atoms with Crippen molar-refractivity contribution in [2.75, 3.05) is 6.54 Å². The van der Waals surface area contributed by atoms with Gasteiger partial charge in [-0.3, -0.25) is 14.5 Å². The number of amides is 2. The van der Waals surface area contributed by atoms with Crippen molar-refractivity contribution >= 4 is 29.5 Å². The van der Waals surface area contributed by atoms with Gasteiger partial charge in [0.25, 0.3) is 11.8 Å². The number of furan rings is 1. The fourth-order valence-corrected chi connectivity index (χ4v) is 3.03. The van der Waals surface area contributed by atoms with Gasteiger partial charge in [-0.2, -0.15) is 5.26 Å². The van der Waals surface area contributed by atoms with Gasteiger partial charge in [0.2, 0.25) is 0 Å². The highest BCUT2D eigenvalue weighted by Gasteiger charge is 2.36. The maximum atomic E-state index is 12.8. The summed E-state index contributed by atoms with van der Waals surface area (Å²) in [6.45, 7) is 2.82. The second-order valence-corrected chi connectivity index (χ2v) is 6.89. The molecule has 1 aliphatic rings. The fourth-order valence-electron chi connectivity index (χ4n) is 2.90. The van der Waals surface area contributed by atoms with Gasteiger partial charge >= 0.3 is 0 Å². The first-order chi connectivity index (χ1) is 13.3. The van der Waals surface area contributed by atoms with Crippen LogP contribution in [-0.4, -0.2) is 34.5 Å². The van der Waals surface area contributed by atoms with Gasteiger partial charge < -0.3 is 9.52 Å². The molecule has 0 bridgehead atoms. The Balaban J connectivity index is 2.01. The third kappa shape index (κ3) is 3.77. The maximum Gasteiger partial charge on any atom is 0.271 e. The SMILES string of the molecule is CC1=C(C#N)C(=O)N(C[C@@H](C)O)C(=O)/C1=C/c1ccc(-c2ccc(Cl)cc2)o1. The van der Waals surface area contributed by atoms with Crippen LogP contribution in [0.4, 0.5) is 0 Å². The van der Waals surface area contributed by atoms with E-state index >= 15 is 0 Å². The molecule has 2 heterocycles. The monoisotopic (exact) mass is 396 g/mol. The molecule has 0 unspecified atom stereocenters. The first-order valence-electron chi connectivity index (χ1n) is 8.55. The number of aliphatic hydroxyl groups is 1. The summed E-state index contributed by atoms with van der Waals surface area (Å²) < 4.78 is 5.79. The lowest BCUT2D eigenvalue weighted by Gasteiger charge is -2.28. The van der Waals surface area contributed by atoms with Crippen molar-refractivity contribution in [3.05, 3.63) is 63.9 Å². The number of imide groups is 1. The standard InChI is InChI=1S/C21H17ClN2O4/c1-12(25)11-24-20(26)17(13(2)18(10-23)21(24)27)9-16-7-8-19(28-16)14-3-5-15(22)6-4-14/h3-9,12,25H,11H2,1-2H3/b17-9+/t12-/m1/s1. The second kappa shape index (κ2) is 7.85. The molecule has 0 aliphatic carbocycles. The minimum absolute atomic E-state index is 0.129. The Hall–Kier alpha value is -3.14. The van der Waals surface area contributed by atoms with Gasteiger partial charge in [-0.25, -0.2) is 0 Å². The van der Waals surface area contributed by atoms with E-state index in [1.807, 2.05) is 18.2 Å². The van der Waals surface area contributed by atoms with Gasteiger partial charge in [0.05, 0.1) is 12.6 Å². The summed E-state index contributed by atoms with van der Waals surface area (Å²) in [6.07, 6.45) is 0.586. The highest BCUT2D eigenvalue weighted by molar-refractivity contribution is 6.30. The van der Waals surface area contributed by atoms with Crippen molar-refractivity contribution in [3.63, 3.8) is 0 Å². The van der Waals surface area contributed by atoms with Crippen LogP contribution in [0.3, 0.4) is 0 Å². The third-order valence-corrected chi connectivity index (χ3v) is 4.57. The smallest absolute Gasteiger partial charge is 0.271 e. The number of nitriles is 1. The van der Waals surface area contributed by atoms with Gasteiger partial charge in [0, 0.05) is 16.2 Å². The Morgan fingerprint density at radius 1 is 1.21 bits per heavy atom. The summed E-state index contributed by atoms with van der Waals surface area (Å²) in [6, 6.07) is 12.4. The van der Waals surface area contributed by atoms with Crippen LogP contribution in [0.2, 0.25) is 5.02 Å². The molecule has 2 amide bonds. The number of aliphatic hydroxyl groups excluding tert-OH is 1. The number of benzene rings is 1. The Morgan fingerprint density at radius 3 is 2.50 bits per heavy atom. The molecule has 1 aliphatic heterocycles. The van der Waals surface area contributed by atoms with Crippen LogP contribution < -0.4 is 0 Å². The van der Waals surface area contributed by atoms with E-state index in [-0.39, 0.29) is 23.3 Å². The Kier molecular flexibility index (Phi) is 5.50. The topological polar surface area (TPSA) is 94.5 Å². The summed E-state index contributed by atoms with van der Waals surface area (Å²) in [5, 5.41) is 19.5. The zero-order valence-corrected chi connectivity index (χ0v) is 16.0. The summed E-state index contributed by atoms with van der Waals surface area (Å²) in [5.74, 6) is -0.293. The van der Waals surface area contributed by atoms with Crippen LogP contribution in [-0.2, 0) is 9.59 Å². The highest BCUT2D eigenvalue weighted by atomic mass is 35.5. The van der Waals surface area contributed by atoms with Crippen LogP contribution in [0.1, 0.15) is 19.6 Å². The van der Waals surface area contributed by atoms with E-state index in [0.29, 0.717) is 16.5 Å². The van der Waals surface area contributed by atoms with Crippen LogP contribution in [0.15, 0.2) is 57.5 Å². The minimum Gasteiger partial charge on any atom is -0.457 e. The van der Waals surface area contributed by atoms with Crippen molar-refractivity contribution < 1.29 is 19.1 Å². The van der Waals surface area contributed by atoms with Gasteiger partial charge in [-0.1, -0.05) is 11.6 Å². The quantitative estimate of drug-likeness (QED) is 0.629. The molecule has 1 aromatic carbocycles. The van der Waals surface area contributed by atoms with Crippen molar-refractivity contribution in [3.8, 4) is 17.4 Å². The van der Waals surface area contributed by atoms with Crippen molar-refractivity contribution in [2.24, 2.45) is 0 Å². The molecule has 28 heavy (non-hydrogen) atoms. The molecule has 1 aromatic heterocycles. The van der Waals surface area contributed by atoms with Crippen molar-refractivity contribution in [2.45, 2.75) is 20.0 Å². The minimum atomic E-state index is -0.910. The number of rotatable bonds is 4. The van der Waals surface area contributed by atoms with Gasteiger partial charge in [-0.15, -0.1) is 0 Å². The molecule has 1 N–H and O–H groups in total. The normalized spacial score (nSPS) is 17.2. The van der Waals surface area contributed by atoms with Gasteiger partial charge in [0.1, 0.15) is 23.2 Å². The molecule has 2 aromatic rings. The molecule has 1 atom stereocenters. The highest BCUT2D eigenvalue weighted by Crippen LogP contribution is 2.29. The molecule has 7 heteroatoms. The Bertz CT molecular complexity index is 1040. The average molecular weight is 397 g/mol. The predicted octanol–water partition coefficient (Wildman–Crippen LogP) is 3.57. The van der Waals surface area contributed by atoms with Gasteiger partial charge in [-0.05, 0) is 61.9 Å². The molecule has 3 rings (SSSR count). The number of carbonyl (C=O) groups excluding carboxylic acids is 2. The molecule has 0 saturated heterocycles. The molecule has 6 nitrogen and oxygen atoms in total. The second-order valence-electron chi connectivity index (χ2n) is 6.45. The van der Waals surface area contributed by atoms with E-state index in [1.165, 1.54) is 13.0 Å². The van der Waals surface area contributed by atoms with Crippen LogP contribution in [0.5, 0.6) is 0 Å². The average Bonchev–Trinajstić information content (AvgIpc) is 3.12. The lowest BCUT2D eigenvalue weighted by molar-refractivity contribution is -0.141. The first-order valence-corrected chi connectivity index (χ1v) is 8.92. The van der Waals surface area contributed by atoms with E-state index in [9.17, 15) is 20.0 Å². The van der Waals surface area contributed by atoms with E-state index < -0.39 is 17.9 Å². The molecule has 0 spiro atoms. The van der Waals surface area contributed by atoms with E-state index in [2.05, 4.69) is 0 Å². The largest absolute Gasteiger partial charge is 0.457 e. The fraction of sp³-hybridized carbons (Fsp3) is 0.190. The molecule has 0 saturated carbocycles. The molecule has 0 radical (unpaired) electrons. The molecule has 142 valence electrons. The third-order valence-electron chi connectivity index (χ3n) is 4.31. The van der Waals surface area contributed by atoms with Crippen molar-refractivity contribution in [1.82, 2.24) is 4.90 Å². The lowest BCUT2D eigenvalue weighted by atomic mass is 9.94. The number of hydrogen-bond donors (Lipinski definition) is 1. The first kappa shape index (κ1) is 19.6. The van der Waals surface area contributed by atoms with Crippen LogP contribution >= 0.6 is 11.6 Å². The molecule has 0 fully saturated rings. The molecular formula is C21H17ClN2O4. The van der Waals surface area contributed by atoms with Gasteiger partial charge in [0.15, 0.2) is 0 Å². The zero-order chi connectivity index (χ0) is 20.4. The van der Waals surface area contributed by atoms with E-state index in [4.69, 9.17) is 16.0 Å². The lowest BCUT2D eigenvalue weighted by Crippen LogP contribution is -2.45. The maximum absolute atomic E-state index is 12.8. The summed E-state index contributed by atoms with van der Waals surface area (Å²) in [7, 11) is 0. The van der Waals surface area contributed by atoms with E-state index in [0.717, 1.165) is 10.5 Å². The number of nitrogens with zero attached hydrogens (tertiary/aromatic N) is 2. The Labute approximate surface area is 166 Å². The summed E-state index contributed by atoms with van der Waals surface area (Å²) in [5.41, 5.74) is 1.15. The number of carbonyl (C=O) groups is 2. The summed E-state index contributed by atoms with van der Waals surface area (Å²) in [4.78, 5) is 26.0. The predicted molar refractivity (Wildman–Crippen MR) is 104 cm³/mol. The zero-order valence-electron chi connectivity index (χ0n) is 15.3. The van der Waals surface area contributed by atoms with E-state index in [1.54, 1.807) is 31.2 Å². The molecular weight excluding hydrogens is 380 g/mol. The number of β-amino-alcohol motifs (C(OH)–C–C–N with tert-alkyl or cyclic N) is 1. The number of halogens is 1. The van der Waals surface area contributed by atoms with Crippen LogP contribution in [0.25, 0.3) is 17.4 Å². The summed E-state index contributed by atoms with van der Waals surface area (Å²) >= 11 is 5.90.